The second-order valence-corrected chi connectivity index (χ2v) is 6.19. The highest BCUT2D eigenvalue weighted by Gasteiger charge is 2.09. The molecule has 0 saturated heterocycles. The Balaban J connectivity index is 2.31. The smallest absolute Gasteiger partial charge is 0.122 e. The molecule has 2 heteroatoms. The molecule has 0 radical (unpaired) electrons. The number of rotatable bonds is 8. The van der Waals surface area contributed by atoms with Crippen LogP contribution in [0.15, 0.2) is 24.3 Å². The van der Waals surface area contributed by atoms with Gasteiger partial charge in [0.15, 0.2) is 0 Å². The molecule has 0 aromatic heterocycles. The summed E-state index contributed by atoms with van der Waals surface area (Å²) in [5, 5.41) is 0. The second-order valence-electron chi connectivity index (χ2n) is 6.19. The number of unbranched alkanes of at least 4 members (excludes halogenated alkanes) is 1. The zero-order valence-electron chi connectivity index (χ0n) is 12.9. The molecule has 0 N–H and O–H groups in total. The molecule has 0 heterocycles. The number of ether oxygens (including phenoxy) is 2. The molecule has 19 heavy (non-hydrogen) atoms. The van der Waals surface area contributed by atoms with Crippen molar-refractivity contribution in [3.63, 3.8) is 0 Å². The fraction of sp³-hybridized carbons (Fsp3) is 0.647. The minimum Gasteiger partial charge on any atom is -0.493 e. The molecule has 0 atom stereocenters. The zero-order chi connectivity index (χ0) is 14.1. The SMILES string of the molecule is CCCCOc1cccc(OCCCC(C)(C)C)c1. The molecule has 1 aromatic carbocycles. The predicted molar refractivity (Wildman–Crippen MR) is 81.0 cm³/mol. The van der Waals surface area contributed by atoms with E-state index in [1.165, 1.54) is 6.42 Å². The lowest BCUT2D eigenvalue weighted by Crippen LogP contribution is -2.08. The van der Waals surface area contributed by atoms with Crippen molar-refractivity contribution in [2.45, 2.75) is 53.4 Å². The molecule has 0 aliphatic carbocycles. The summed E-state index contributed by atoms with van der Waals surface area (Å²) < 4.78 is 11.4. The predicted octanol–water partition coefficient (Wildman–Crippen LogP) is 5.07. The van der Waals surface area contributed by atoms with Gasteiger partial charge >= 0.3 is 0 Å². The van der Waals surface area contributed by atoms with Gasteiger partial charge in [-0.2, -0.15) is 0 Å². The molecule has 2 nitrogen and oxygen atoms in total. The molecule has 1 rings (SSSR count). The van der Waals surface area contributed by atoms with Crippen molar-refractivity contribution in [1.29, 1.82) is 0 Å². The highest BCUT2D eigenvalue weighted by molar-refractivity contribution is 5.32. The highest BCUT2D eigenvalue weighted by atomic mass is 16.5. The molecule has 1 aromatic rings. The van der Waals surface area contributed by atoms with E-state index in [1.54, 1.807) is 0 Å². The van der Waals surface area contributed by atoms with Crippen LogP contribution in [-0.2, 0) is 0 Å². The van der Waals surface area contributed by atoms with Gasteiger partial charge in [-0.1, -0.05) is 40.2 Å². The largest absolute Gasteiger partial charge is 0.493 e. The van der Waals surface area contributed by atoms with Crippen molar-refractivity contribution >= 4 is 0 Å². The Morgan fingerprint density at radius 1 is 0.947 bits per heavy atom. The molecule has 0 bridgehead atoms. The maximum Gasteiger partial charge on any atom is 0.122 e. The topological polar surface area (TPSA) is 18.5 Å². The van der Waals surface area contributed by atoms with E-state index in [0.29, 0.717) is 5.41 Å². The molecule has 0 fully saturated rings. The van der Waals surface area contributed by atoms with Crippen LogP contribution in [0.3, 0.4) is 0 Å². The van der Waals surface area contributed by atoms with E-state index in [1.807, 2.05) is 24.3 Å². The van der Waals surface area contributed by atoms with E-state index < -0.39 is 0 Å². The van der Waals surface area contributed by atoms with Crippen LogP contribution in [0.5, 0.6) is 11.5 Å². The number of benzene rings is 1. The first-order valence-electron chi connectivity index (χ1n) is 7.37. The van der Waals surface area contributed by atoms with Crippen molar-refractivity contribution in [3.8, 4) is 11.5 Å². The fourth-order valence-electron chi connectivity index (χ4n) is 1.78. The summed E-state index contributed by atoms with van der Waals surface area (Å²) in [7, 11) is 0. The molecule has 108 valence electrons. The lowest BCUT2D eigenvalue weighted by atomic mass is 9.91. The van der Waals surface area contributed by atoms with Crippen molar-refractivity contribution in [3.05, 3.63) is 24.3 Å². The van der Waals surface area contributed by atoms with Crippen molar-refractivity contribution in [2.24, 2.45) is 5.41 Å². The van der Waals surface area contributed by atoms with Crippen LogP contribution in [0.4, 0.5) is 0 Å². The molecule has 0 aliphatic rings. The summed E-state index contributed by atoms with van der Waals surface area (Å²) in [6, 6.07) is 7.94. The van der Waals surface area contributed by atoms with Gasteiger partial charge in [0.25, 0.3) is 0 Å². The lowest BCUT2D eigenvalue weighted by Gasteiger charge is -2.17. The summed E-state index contributed by atoms with van der Waals surface area (Å²) >= 11 is 0. The average molecular weight is 264 g/mol. The Kier molecular flexibility index (Phi) is 6.75. The van der Waals surface area contributed by atoms with Gasteiger partial charge in [-0.15, -0.1) is 0 Å². The maximum atomic E-state index is 5.77. The molecular formula is C17H28O2. The third-order valence-electron chi connectivity index (χ3n) is 2.91. The van der Waals surface area contributed by atoms with Crippen molar-refractivity contribution < 1.29 is 9.47 Å². The van der Waals surface area contributed by atoms with Crippen LogP contribution >= 0.6 is 0 Å². The first-order valence-corrected chi connectivity index (χ1v) is 7.37. The summed E-state index contributed by atoms with van der Waals surface area (Å²) in [6.07, 6.45) is 4.52. The van der Waals surface area contributed by atoms with Crippen molar-refractivity contribution in [2.75, 3.05) is 13.2 Å². The first-order chi connectivity index (χ1) is 9.01. The minimum absolute atomic E-state index is 0.383. The molecule has 0 spiro atoms. The molecule has 0 amide bonds. The van der Waals surface area contributed by atoms with Gasteiger partial charge in [0, 0.05) is 6.07 Å². The standard InChI is InChI=1S/C17H28O2/c1-5-6-12-18-15-9-7-10-16(14-15)19-13-8-11-17(2,3)4/h7,9-10,14H,5-6,8,11-13H2,1-4H3. The Labute approximate surface area is 118 Å². The van der Waals surface area contributed by atoms with Crippen LogP contribution in [0.2, 0.25) is 0 Å². The van der Waals surface area contributed by atoms with Gasteiger partial charge in [0.1, 0.15) is 11.5 Å². The highest BCUT2D eigenvalue weighted by Crippen LogP contribution is 2.22. The monoisotopic (exact) mass is 264 g/mol. The van der Waals surface area contributed by atoms with Gasteiger partial charge in [-0.05, 0) is 36.8 Å². The molecule has 0 aliphatic heterocycles. The van der Waals surface area contributed by atoms with Gasteiger partial charge in [-0.3, -0.25) is 0 Å². The van der Waals surface area contributed by atoms with E-state index >= 15 is 0 Å². The van der Waals surface area contributed by atoms with Crippen molar-refractivity contribution in [1.82, 2.24) is 0 Å². The maximum absolute atomic E-state index is 5.77. The summed E-state index contributed by atoms with van der Waals surface area (Å²) in [6.45, 7) is 10.5. The number of hydrogen-bond donors (Lipinski definition) is 0. The third kappa shape index (κ3) is 7.76. The van der Waals surface area contributed by atoms with E-state index in [2.05, 4.69) is 27.7 Å². The molecule has 0 saturated carbocycles. The second kappa shape index (κ2) is 8.08. The average Bonchev–Trinajstić information content (AvgIpc) is 2.35. The van der Waals surface area contributed by atoms with Crippen LogP contribution < -0.4 is 9.47 Å². The zero-order valence-corrected chi connectivity index (χ0v) is 12.9. The third-order valence-corrected chi connectivity index (χ3v) is 2.91. The Hall–Kier alpha value is -1.18. The van der Waals surface area contributed by atoms with Crippen LogP contribution in [-0.4, -0.2) is 13.2 Å². The molecular weight excluding hydrogens is 236 g/mol. The Morgan fingerprint density at radius 3 is 2.05 bits per heavy atom. The minimum atomic E-state index is 0.383. The van der Waals surface area contributed by atoms with E-state index in [9.17, 15) is 0 Å². The Bertz CT molecular complexity index is 353. The van der Waals surface area contributed by atoms with Crippen LogP contribution in [0.25, 0.3) is 0 Å². The van der Waals surface area contributed by atoms with Crippen LogP contribution in [0, 0.1) is 5.41 Å². The molecule has 0 unspecified atom stereocenters. The number of hydrogen-bond acceptors (Lipinski definition) is 2. The van der Waals surface area contributed by atoms with Gasteiger partial charge < -0.3 is 9.47 Å². The first kappa shape index (κ1) is 15.9. The fourth-order valence-corrected chi connectivity index (χ4v) is 1.78. The lowest BCUT2D eigenvalue weighted by molar-refractivity contribution is 0.266. The van der Waals surface area contributed by atoms with Gasteiger partial charge in [0.2, 0.25) is 0 Å². The Morgan fingerprint density at radius 2 is 1.53 bits per heavy atom. The summed E-state index contributed by atoms with van der Waals surface area (Å²) in [5.41, 5.74) is 0.383. The van der Waals surface area contributed by atoms with Crippen LogP contribution in [0.1, 0.15) is 53.4 Å². The normalized spacial score (nSPS) is 11.4. The van der Waals surface area contributed by atoms with E-state index in [0.717, 1.165) is 44.0 Å². The van der Waals surface area contributed by atoms with Gasteiger partial charge in [0.05, 0.1) is 13.2 Å². The van der Waals surface area contributed by atoms with Gasteiger partial charge in [-0.25, -0.2) is 0 Å². The van der Waals surface area contributed by atoms with E-state index in [-0.39, 0.29) is 0 Å². The quantitative estimate of drug-likeness (QED) is 0.610. The summed E-state index contributed by atoms with van der Waals surface area (Å²) in [5.74, 6) is 1.81. The summed E-state index contributed by atoms with van der Waals surface area (Å²) in [4.78, 5) is 0. The van der Waals surface area contributed by atoms with E-state index in [4.69, 9.17) is 9.47 Å².